The molecular formula is C24H27F2NO2. The number of likely N-dealkylation sites (tertiary alicyclic amines) is 1. The number of piperidine rings is 1. The minimum Gasteiger partial charge on any atom is -0.375 e. The van der Waals surface area contributed by atoms with Crippen molar-refractivity contribution in [1.82, 2.24) is 4.90 Å². The van der Waals surface area contributed by atoms with Crippen molar-refractivity contribution in [2.24, 2.45) is 0 Å². The Morgan fingerprint density at radius 2 is 1.69 bits per heavy atom. The van der Waals surface area contributed by atoms with Gasteiger partial charge in [-0.15, -0.1) is 0 Å². The summed E-state index contributed by atoms with van der Waals surface area (Å²) < 4.78 is 36.5. The van der Waals surface area contributed by atoms with E-state index in [2.05, 4.69) is 35.7 Å². The van der Waals surface area contributed by atoms with Crippen LogP contribution in [0.1, 0.15) is 47.4 Å². The lowest BCUT2D eigenvalue weighted by Crippen LogP contribution is -2.48. The van der Waals surface area contributed by atoms with Gasteiger partial charge in [0.2, 0.25) is 0 Å². The van der Waals surface area contributed by atoms with Gasteiger partial charge in [0.25, 0.3) is 6.43 Å². The molecule has 2 fully saturated rings. The Labute approximate surface area is 170 Å². The molecule has 0 radical (unpaired) electrons. The summed E-state index contributed by atoms with van der Waals surface area (Å²) in [6, 6.07) is 15.2. The molecule has 154 valence electrons. The first-order valence-electron chi connectivity index (χ1n) is 10.1. The van der Waals surface area contributed by atoms with E-state index in [1.807, 2.05) is 12.1 Å². The Hall–Kier alpha value is -2.24. The second kappa shape index (κ2) is 8.25. The maximum absolute atomic E-state index is 12.7. The lowest BCUT2D eigenvalue weighted by atomic mass is 9.88. The highest BCUT2D eigenvalue weighted by Gasteiger charge is 2.40. The summed E-state index contributed by atoms with van der Waals surface area (Å²) in [6.07, 6.45) is -0.416. The Bertz CT molecular complexity index is 831. The summed E-state index contributed by atoms with van der Waals surface area (Å²) in [5, 5.41) is 0. The van der Waals surface area contributed by atoms with Crippen LogP contribution in [0.4, 0.5) is 8.78 Å². The lowest BCUT2D eigenvalue weighted by Gasteiger charge is -2.40. The Morgan fingerprint density at radius 1 is 1.07 bits per heavy atom. The zero-order valence-electron chi connectivity index (χ0n) is 16.7. The number of nitrogens with zero attached hydrogens (tertiary/aromatic N) is 1. The van der Waals surface area contributed by atoms with Gasteiger partial charge in [0.05, 0.1) is 13.2 Å². The second-order valence-electron chi connectivity index (χ2n) is 7.94. The van der Waals surface area contributed by atoms with Crippen molar-refractivity contribution in [2.45, 2.75) is 30.8 Å². The number of rotatable bonds is 6. The van der Waals surface area contributed by atoms with E-state index >= 15 is 0 Å². The lowest BCUT2D eigenvalue weighted by molar-refractivity contribution is -0.202. The Balaban J connectivity index is 1.36. The molecule has 0 unspecified atom stereocenters. The largest absolute Gasteiger partial charge is 0.375 e. The van der Waals surface area contributed by atoms with Crippen molar-refractivity contribution in [1.29, 1.82) is 0 Å². The van der Waals surface area contributed by atoms with Gasteiger partial charge in [-0.05, 0) is 35.4 Å². The van der Waals surface area contributed by atoms with E-state index in [0.29, 0.717) is 19.1 Å². The second-order valence-corrected chi connectivity index (χ2v) is 7.94. The zero-order valence-corrected chi connectivity index (χ0v) is 16.7. The molecule has 2 saturated heterocycles. The van der Waals surface area contributed by atoms with Crippen molar-refractivity contribution in [3.63, 3.8) is 0 Å². The topological polar surface area (TPSA) is 21.7 Å². The normalized spacial score (nSPS) is 19.2. The number of benzene rings is 2. The molecule has 3 nitrogen and oxygen atoms in total. The fourth-order valence-corrected chi connectivity index (χ4v) is 4.24. The van der Waals surface area contributed by atoms with E-state index in [1.54, 1.807) is 19.2 Å². The molecule has 2 aliphatic rings. The number of ether oxygens (including phenoxy) is 2. The average Bonchev–Trinajstić information content (AvgIpc) is 2.73. The van der Waals surface area contributed by atoms with Gasteiger partial charge < -0.3 is 14.4 Å². The maximum Gasteiger partial charge on any atom is 0.263 e. The monoisotopic (exact) mass is 399 g/mol. The van der Waals surface area contributed by atoms with Gasteiger partial charge in [0, 0.05) is 31.5 Å². The van der Waals surface area contributed by atoms with Crippen molar-refractivity contribution < 1.29 is 18.3 Å². The Morgan fingerprint density at radius 3 is 2.17 bits per heavy atom. The van der Waals surface area contributed by atoms with Crippen LogP contribution in [-0.2, 0) is 15.1 Å². The summed E-state index contributed by atoms with van der Waals surface area (Å²) in [7, 11) is 1.72. The molecule has 0 saturated carbocycles. The molecule has 4 rings (SSSR count). The third kappa shape index (κ3) is 3.94. The first kappa shape index (κ1) is 20.0. The van der Waals surface area contributed by atoms with Crippen LogP contribution in [-0.4, -0.2) is 38.3 Å². The highest BCUT2D eigenvalue weighted by Crippen LogP contribution is 2.35. The first-order valence-corrected chi connectivity index (χ1v) is 10.1. The van der Waals surface area contributed by atoms with Crippen molar-refractivity contribution in [3.8, 4) is 0 Å². The van der Waals surface area contributed by atoms with E-state index in [1.165, 1.54) is 0 Å². The van der Waals surface area contributed by atoms with E-state index in [4.69, 9.17) is 9.47 Å². The number of methoxy groups -OCH3 is 1. The van der Waals surface area contributed by atoms with Crippen LogP contribution < -0.4 is 0 Å². The van der Waals surface area contributed by atoms with Crippen LogP contribution in [0.2, 0.25) is 0 Å². The maximum atomic E-state index is 12.7. The van der Waals surface area contributed by atoms with Gasteiger partial charge in [0.15, 0.2) is 0 Å². The van der Waals surface area contributed by atoms with Crippen LogP contribution in [0.3, 0.4) is 0 Å². The molecule has 2 aromatic rings. The van der Waals surface area contributed by atoms with Crippen molar-refractivity contribution in [2.75, 3.05) is 33.4 Å². The summed E-state index contributed by atoms with van der Waals surface area (Å²) in [5.74, 6) is 0.410. The molecule has 2 heterocycles. The summed E-state index contributed by atoms with van der Waals surface area (Å²) in [5.41, 5.74) is 4.20. The molecule has 29 heavy (non-hydrogen) atoms. The van der Waals surface area contributed by atoms with Gasteiger partial charge in [-0.1, -0.05) is 55.1 Å². The molecule has 0 atom stereocenters. The van der Waals surface area contributed by atoms with E-state index < -0.39 is 6.43 Å². The molecule has 0 N–H and O–H groups in total. The van der Waals surface area contributed by atoms with Crippen LogP contribution in [0.5, 0.6) is 0 Å². The van der Waals surface area contributed by atoms with Crippen LogP contribution >= 0.6 is 0 Å². The number of alkyl halides is 2. The highest BCUT2D eigenvalue weighted by molar-refractivity contribution is 5.62. The summed E-state index contributed by atoms with van der Waals surface area (Å²) >= 11 is 0. The molecular weight excluding hydrogens is 372 g/mol. The number of hydrogen-bond donors (Lipinski definition) is 0. The fourth-order valence-electron chi connectivity index (χ4n) is 4.24. The predicted molar refractivity (Wildman–Crippen MR) is 110 cm³/mol. The van der Waals surface area contributed by atoms with Crippen LogP contribution in [0.15, 0.2) is 55.1 Å². The third-order valence-electron chi connectivity index (χ3n) is 6.34. The van der Waals surface area contributed by atoms with Gasteiger partial charge in [-0.2, -0.15) is 0 Å². The summed E-state index contributed by atoms with van der Waals surface area (Å²) in [4.78, 5) is 2.32. The third-order valence-corrected chi connectivity index (χ3v) is 6.34. The smallest absolute Gasteiger partial charge is 0.263 e. The minimum absolute atomic E-state index is 0.0896. The van der Waals surface area contributed by atoms with Crippen LogP contribution in [0.25, 0.3) is 5.70 Å². The predicted octanol–water partition coefficient (Wildman–Crippen LogP) is 5.35. The van der Waals surface area contributed by atoms with Gasteiger partial charge in [0.1, 0.15) is 5.60 Å². The summed E-state index contributed by atoms with van der Waals surface area (Å²) in [6.45, 7) is 7.32. The van der Waals surface area contributed by atoms with E-state index in [9.17, 15) is 8.78 Å². The molecule has 0 bridgehead atoms. The molecule has 0 aliphatic carbocycles. The first-order chi connectivity index (χ1) is 14.0. The zero-order chi connectivity index (χ0) is 20.4. The van der Waals surface area contributed by atoms with Crippen molar-refractivity contribution in [3.05, 3.63) is 77.4 Å². The molecule has 2 aliphatic heterocycles. The quantitative estimate of drug-likeness (QED) is 0.654. The SMILES string of the molecule is C=C(c1ccc(C2(OC)COC2)cc1)N1CCC(c2ccc(C(F)F)cc2)CC1. The van der Waals surface area contributed by atoms with Gasteiger partial charge in [-0.3, -0.25) is 0 Å². The Kier molecular flexibility index (Phi) is 5.70. The van der Waals surface area contributed by atoms with E-state index in [-0.39, 0.29) is 11.2 Å². The number of hydrogen-bond acceptors (Lipinski definition) is 3. The highest BCUT2D eigenvalue weighted by atomic mass is 19.3. The van der Waals surface area contributed by atoms with E-state index in [0.717, 1.165) is 48.3 Å². The number of halogens is 2. The molecule has 0 spiro atoms. The molecule has 5 heteroatoms. The standard InChI is InChI=1S/C24H27F2NO2/c1-17(18-7-9-22(10-8-18)24(28-2)15-29-16-24)27-13-11-20(12-14-27)19-3-5-21(6-4-19)23(25)26/h3-10,20,23H,1,11-16H2,2H3. The van der Waals surface area contributed by atoms with Crippen molar-refractivity contribution >= 4 is 5.70 Å². The molecule has 2 aromatic carbocycles. The molecule has 0 aromatic heterocycles. The van der Waals surface area contributed by atoms with Gasteiger partial charge in [-0.25, -0.2) is 8.78 Å². The van der Waals surface area contributed by atoms with Crippen LogP contribution in [0, 0.1) is 0 Å². The minimum atomic E-state index is -2.41. The average molecular weight is 399 g/mol. The molecule has 0 amide bonds. The van der Waals surface area contributed by atoms with Gasteiger partial charge >= 0.3 is 0 Å². The fraction of sp³-hybridized carbons (Fsp3) is 0.417.